The summed E-state index contributed by atoms with van der Waals surface area (Å²) >= 11 is 0. The molecule has 1 aromatic rings. The second-order valence-electron chi connectivity index (χ2n) is 6.76. The van der Waals surface area contributed by atoms with Crippen LogP contribution in [0.2, 0.25) is 0 Å². The Hall–Kier alpha value is -1.46. The van der Waals surface area contributed by atoms with Crippen LogP contribution >= 0.6 is 0 Å². The molecular formula is C16H15F6NO3S. The summed E-state index contributed by atoms with van der Waals surface area (Å²) in [6, 6.07) is -1.15. The molecule has 150 valence electrons. The molecule has 2 saturated heterocycles. The maximum atomic E-state index is 13.0. The Morgan fingerprint density at radius 2 is 1.37 bits per heavy atom. The van der Waals surface area contributed by atoms with Crippen LogP contribution < -0.4 is 0 Å². The molecule has 1 aromatic carbocycles. The number of carbonyl (C=O) groups excluding carboxylic acids is 1. The van der Waals surface area contributed by atoms with Gasteiger partial charge in [0.2, 0.25) is 0 Å². The summed E-state index contributed by atoms with van der Waals surface area (Å²) in [5.74, 6) is -0.156. The van der Waals surface area contributed by atoms with Crippen molar-refractivity contribution in [1.82, 2.24) is 4.31 Å². The minimum Gasteiger partial charge on any atom is -0.593 e. The van der Waals surface area contributed by atoms with E-state index in [2.05, 4.69) is 0 Å². The molecule has 2 aliphatic heterocycles. The molecule has 0 N–H and O–H groups in total. The molecule has 0 aromatic heterocycles. The van der Waals surface area contributed by atoms with Crippen molar-refractivity contribution < 1.29 is 39.9 Å². The lowest BCUT2D eigenvalue weighted by molar-refractivity contribution is -0.143. The Balaban J connectivity index is 2.11. The number of rotatable bonds is 2. The Morgan fingerprint density at radius 1 is 0.926 bits per heavy atom. The van der Waals surface area contributed by atoms with Gasteiger partial charge in [-0.3, -0.25) is 4.79 Å². The van der Waals surface area contributed by atoms with Gasteiger partial charge in [0.05, 0.1) is 23.2 Å². The zero-order valence-electron chi connectivity index (χ0n) is 13.8. The van der Waals surface area contributed by atoms with Crippen LogP contribution in [0.3, 0.4) is 0 Å². The maximum Gasteiger partial charge on any atom is 0.416 e. The smallest absolute Gasteiger partial charge is 0.416 e. The number of fused-ring (bicyclic) bond motifs is 2. The summed E-state index contributed by atoms with van der Waals surface area (Å²) in [4.78, 5) is 10.7. The van der Waals surface area contributed by atoms with E-state index in [4.69, 9.17) is 0 Å². The highest BCUT2D eigenvalue weighted by molar-refractivity contribution is 7.95. The number of nitrogens with zero attached hydrogens (tertiary/aromatic N) is 1. The lowest BCUT2D eigenvalue weighted by Crippen LogP contribution is -2.56. The van der Waals surface area contributed by atoms with E-state index in [1.165, 1.54) is 0 Å². The van der Waals surface area contributed by atoms with Crippen molar-refractivity contribution in [2.75, 3.05) is 0 Å². The van der Waals surface area contributed by atoms with Gasteiger partial charge in [-0.2, -0.15) is 26.3 Å². The van der Waals surface area contributed by atoms with E-state index in [9.17, 15) is 39.9 Å². The SMILES string of the molecule is O=C1CC2CCCC(C1)N2[S+](=O)([O-])c1cc(C(F)(F)F)cc(C(F)(F)F)c1. The number of benzene rings is 1. The van der Waals surface area contributed by atoms with Gasteiger partial charge in [-0.1, -0.05) is 4.21 Å². The molecule has 4 nitrogen and oxygen atoms in total. The van der Waals surface area contributed by atoms with Gasteiger partial charge in [-0.15, -0.1) is 4.31 Å². The first kappa shape index (κ1) is 20.3. The summed E-state index contributed by atoms with van der Waals surface area (Å²) in [6.07, 6.45) is -9.12. The number of halogens is 6. The van der Waals surface area contributed by atoms with E-state index >= 15 is 0 Å². The van der Waals surface area contributed by atoms with Crippen molar-refractivity contribution in [3.63, 3.8) is 0 Å². The molecule has 3 rings (SSSR count). The summed E-state index contributed by atoms with van der Waals surface area (Å²) in [7, 11) is -4.63. The van der Waals surface area contributed by atoms with Gasteiger partial charge in [0.1, 0.15) is 5.78 Å². The Kier molecular flexibility index (Phi) is 4.92. The van der Waals surface area contributed by atoms with Crippen molar-refractivity contribution in [2.24, 2.45) is 0 Å². The molecule has 3 atom stereocenters. The van der Waals surface area contributed by atoms with Crippen molar-refractivity contribution in [3.8, 4) is 0 Å². The number of alkyl halides is 6. The highest BCUT2D eigenvalue weighted by Crippen LogP contribution is 2.42. The minimum atomic E-state index is -5.14. The average Bonchev–Trinajstić information content (AvgIpc) is 2.51. The van der Waals surface area contributed by atoms with Crippen molar-refractivity contribution in [1.29, 1.82) is 0 Å². The van der Waals surface area contributed by atoms with Gasteiger partial charge in [0.25, 0.3) is 0 Å². The number of ketones is 1. The molecule has 2 aliphatic rings. The molecule has 0 amide bonds. The van der Waals surface area contributed by atoms with Crippen molar-refractivity contribution in [3.05, 3.63) is 29.3 Å². The number of sulfonamides is 1. The Bertz CT molecular complexity index is 758. The maximum absolute atomic E-state index is 13.0. The fourth-order valence-corrected chi connectivity index (χ4v) is 5.66. The lowest BCUT2D eigenvalue weighted by Gasteiger charge is -2.45. The Morgan fingerprint density at radius 3 is 1.78 bits per heavy atom. The molecule has 27 heavy (non-hydrogen) atoms. The minimum absolute atomic E-state index is 0.0825. The molecular weight excluding hydrogens is 400 g/mol. The van der Waals surface area contributed by atoms with Gasteiger partial charge < -0.3 is 4.55 Å². The molecule has 2 fully saturated rings. The van der Waals surface area contributed by atoms with Gasteiger partial charge in [0, 0.05) is 25.0 Å². The van der Waals surface area contributed by atoms with Crippen LogP contribution in [0.15, 0.2) is 23.1 Å². The van der Waals surface area contributed by atoms with E-state index in [1.807, 2.05) is 0 Å². The van der Waals surface area contributed by atoms with Crippen LogP contribution in [-0.4, -0.2) is 26.7 Å². The van der Waals surface area contributed by atoms with Crippen LogP contribution in [0.5, 0.6) is 0 Å². The predicted octanol–water partition coefficient (Wildman–Crippen LogP) is 4.21. The highest BCUT2D eigenvalue weighted by atomic mass is 32.3. The van der Waals surface area contributed by atoms with Crippen LogP contribution in [0, 0.1) is 0 Å². The van der Waals surface area contributed by atoms with Gasteiger partial charge >= 0.3 is 12.4 Å². The number of piperidine rings is 2. The average molecular weight is 415 g/mol. The first-order valence-corrected chi connectivity index (χ1v) is 9.59. The van der Waals surface area contributed by atoms with Gasteiger partial charge in [0.15, 0.2) is 15.3 Å². The summed E-state index contributed by atoms with van der Waals surface area (Å²) in [6.45, 7) is 0. The zero-order chi connectivity index (χ0) is 20.2. The van der Waals surface area contributed by atoms with Crippen LogP contribution in [0.4, 0.5) is 26.3 Å². The summed E-state index contributed by atoms with van der Waals surface area (Å²) in [5, 5.41) is 0. The van der Waals surface area contributed by atoms with E-state index in [-0.39, 0.29) is 36.8 Å². The monoisotopic (exact) mass is 415 g/mol. The van der Waals surface area contributed by atoms with Crippen molar-refractivity contribution >= 4 is 16.2 Å². The van der Waals surface area contributed by atoms with Crippen LogP contribution in [0.1, 0.15) is 43.2 Å². The molecule has 11 heteroatoms. The lowest BCUT2D eigenvalue weighted by atomic mass is 9.86. The fraction of sp³-hybridized carbons (Fsp3) is 0.562. The summed E-state index contributed by atoms with van der Waals surface area (Å²) in [5.41, 5.74) is -3.37. The third-order valence-electron chi connectivity index (χ3n) is 4.86. The predicted molar refractivity (Wildman–Crippen MR) is 81.0 cm³/mol. The second-order valence-corrected chi connectivity index (χ2v) is 8.61. The third kappa shape index (κ3) is 3.90. The highest BCUT2D eigenvalue weighted by Gasteiger charge is 2.49. The van der Waals surface area contributed by atoms with Crippen LogP contribution in [-0.2, 0) is 31.8 Å². The zero-order valence-corrected chi connectivity index (χ0v) is 14.6. The molecule has 3 unspecified atom stereocenters. The van der Waals surface area contributed by atoms with Crippen molar-refractivity contribution in [2.45, 2.75) is 61.4 Å². The topological polar surface area (TPSA) is 60.4 Å². The molecule has 0 radical (unpaired) electrons. The second kappa shape index (κ2) is 6.56. The molecule has 0 saturated carbocycles. The van der Waals surface area contributed by atoms with Gasteiger partial charge in [-0.25, -0.2) is 0 Å². The first-order chi connectivity index (χ1) is 12.3. The van der Waals surface area contributed by atoms with E-state index in [0.717, 1.165) is 4.31 Å². The fourth-order valence-electron chi connectivity index (χ4n) is 3.72. The molecule has 2 bridgehead atoms. The number of hydrogen-bond acceptors (Lipinski definition) is 3. The van der Waals surface area contributed by atoms with E-state index in [1.54, 1.807) is 0 Å². The normalized spacial score (nSPS) is 26.7. The Labute approximate surface area is 151 Å². The number of hydrogen-bond donors (Lipinski definition) is 0. The molecule has 2 heterocycles. The standard InChI is InChI=1S/C16H15F6NO3S/c17-15(18,19)9-4-10(16(20,21)22)6-14(5-9)27(25,26)23-11-2-1-3-12(23)8-13(24)7-11/h4-6,11-12H,1-3,7-8H2. The van der Waals surface area contributed by atoms with E-state index < -0.39 is 50.9 Å². The molecule has 0 spiro atoms. The summed E-state index contributed by atoms with van der Waals surface area (Å²) < 4.78 is 105. The van der Waals surface area contributed by atoms with Crippen LogP contribution in [0.25, 0.3) is 0 Å². The van der Waals surface area contributed by atoms with Gasteiger partial charge in [-0.05, 0) is 25.3 Å². The number of carbonyl (C=O) groups is 1. The first-order valence-electron chi connectivity index (χ1n) is 8.15. The number of Topliss-reactive ketones (excluding diaryl/α,β-unsaturated/α-hetero) is 1. The van der Waals surface area contributed by atoms with E-state index in [0.29, 0.717) is 19.3 Å². The largest absolute Gasteiger partial charge is 0.593 e. The quantitative estimate of drug-likeness (QED) is 0.537. The molecule has 0 aliphatic carbocycles. The third-order valence-corrected chi connectivity index (χ3v) is 6.84.